The molecular formula is C10H18N2O3. The highest BCUT2D eigenvalue weighted by Gasteiger charge is 2.45. The highest BCUT2D eigenvalue weighted by Crippen LogP contribution is 2.30. The average Bonchev–Trinajstić information content (AvgIpc) is 2.88. The maximum absolute atomic E-state index is 11.9. The summed E-state index contributed by atoms with van der Waals surface area (Å²) in [5.41, 5.74) is 0. The van der Waals surface area contributed by atoms with Crippen molar-refractivity contribution in [3.05, 3.63) is 0 Å². The number of nitrogens with zero attached hydrogens (tertiary/aromatic N) is 2. The fourth-order valence-corrected chi connectivity index (χ4v) is 2.03. The Balaban J connectivity index is 1.94. The van der Waals surface area contributed by atoms with E-state index in [1.807, 2.05) is 14.0 Å². The molecular weight excluding hydrogens is 196 g/mol. The number of rotatable bonds is 1. The Morgan fingerprint density at radius 1 is 1.47 bits per heavy atom. The van der Waals surface area contributed by atoms with Crippen LogP contribution in [0, 0.1) is 0 Å². The minimum absolute atomic E-state index is 0.0634. The third kappa shape index (κ3) is 1.94. The molecule has 0 unspecified atom stereocenters. The van der Waals surface area contributed by atoms with E-state index in [1.54, 1.807) is 9.80 Å². The van der Waals surface area contributed by atoms with E-state index in [0.717, 1.165) is 19.5 Å². The van der Waals surface area contributed by atoms with Crippen LogP contribution in [0.5, 0.6) is 0 Å². The summed E-state index contributed by atoms with van der Waals surface area (Å²) in [4.78, 5) is 15.4. The Bertz CT molecular complexity index is 251. The molecule has 2 saturated heterocycles. The average molecular weight is 214 g/mol. The largest absolute Gasteiger partial charge is 0.346 e. The van der Waals surface area contributed by atoms with E-state index in [1.165, 1.54) is 0 Å². The first kappa shape index (κ1) is 10.7. The summed E-state index contributed by atoms with van der Waals surface area (Å²) >= 11 is 0. The van der Waals surface area contributed by atoms with Crippen LogP contribution in [0.25, 0.3) is 0 Å². The predicted molar refractivity (Wildman–Crippen MR) is 54.5 cm³/mol. The monoisotopic (exact) mass is 214 g/mol. The maximum Gasteiger partial charge on any atom is 0.319 e. The van der Waals surface area contributed by atoms with Crippen LogP contribution in [0.2, 0.25) is 0 Å². The highest BCUT2D eigenvalue weighted by atomic mass is 16.7. The molecule has 0 saturated carbocycles. The van der Waals surface area contributed by atoms with E-state index in [-0.39, 0.29) is 6.03 Å². The molecule has 0 radical (unpaired) electrons. The van der Waals surface area contributed by atoms with Crippen molar-refractivity contribution >= 4 is 6.03 Å². The van der Waals surface area contributed by atoms with Crippen LogP contribution in [-0.2, 0) is 9.47 Å². The van der Waals surface area contributed by atoms with Crippen LogP contribution >= 0.6 is 0 Å². The zero-order valence-corrected chi connectivity index (χ0v) is 9.36. The molecule has 2 amide bonds. The van der Waals surface area contributed by atoms with Gasteiger partial charge in [0.05, 0.1) is 19.8 Å². The molecule has 2 aliphatic rings. The van der Waals surface area contributed by atoms with Gasteiger partial charge >= 0.3 is 6.03 Å². The Labute approximate surface area is 89.9 Å². The van der Waals surface area contributed by atoms with Gasteiger partial charge < -0.3 is 19.3 Å². The third-order valence-electron chi connectivity index (χ3n) is 3.08. The van der Waals surface area contributed by atoms with Gasteiger partial charge in [-0.3, -0.25) is 0 Å². The fourth-order valence-electron chi connectivity index (χ4n) is 2.03. The van der Waals surface area contributed by atoms with E-state index in [9.17, 15) is 4.79 Å². The summed E-state index contributed by atoms with van der Waals surface area (Å²) in [7, 11) is 1.81. The maximum atomic E-state index is 11.9. The molecule has 2 heterocycles. The van der Waals surface area contributed by atoms with Gasteiger partial charge in [0.15, 0.2) is 5.79 Å². The van der Waals surface area contributed by atoms with Gasteiger partial charge in [-0.25, -0.2) is 4.79 Å². The van der Waals surface area contributed by atoms with Crippen LogP contribution in [0.3, 0.4) is 0 Å². The second-order valence-electron chi connectivity index (χ2n) is 4.08. The van der Waals surface area contributed by atoms with Crippen molar-refractivity contribution in [3.63, 3.8) is 0 Å². The lowest BCUT2D eigenvalue weighted by Gasteiger charge is -2.25. The number of ether oxygens (including phenoxy) is 2. The van der Waals surface area contributed by atoms with Gasteiger partial charge in [-0.15, -0.1) is 0 Å². The number of hydrogen-bond donors (Lipinski definition) is 0. The first-order chi connectivity index (χ1) is 7.17. The summed E-state index contributed by atoms with van der Waals surface area (Å²) in [5, 5.41) is 0. The molecule has 0 aromatic carbocycles. The Hall–Kier alpha value is -0.810. The lowest BCUT2D eigenvalue weighted by Crippen LogP contribution is -2.42. The molecule has 2 fully saturated rings. The smallest absolute Gasteiger partial charge is 0.319 e. The number of hydrogen-bond acceptors (Lipinski definition) is 3. The highest BCUT2D eigenvalue weighted by molar-refractivity contribution is 5.74. The van der Waals surface area contributed by atoms with E-state index in [4.69, 9.17) is 9.47 Å². The molecule has 0 bridgehead atoms. The van der Waals surface area contributed by atoms with Gasteiger partial charge in [-0.1, -0.05) is 0 Å². The predicted octanol–water partition coefficient (Wildman–Crippen LogP) is 0.507. The van der Waals surface area contributed by atoms with Crippen LogP contribution in [0.15, 0.2) is 0 Å². The summed E-state index contributed by atoms with van der Waals surface area (Å²) in [5.74, 6) is -0.496. The second-order valence-corrected chi connectivity index (χ2v) is 4.08. The lowest BCUT2D eigenvalue weighted by molar-refractivity contribution is -0.143. The second kappa shape index (κ2) is 3.98. The third-order valence-corrected chi connectivity index (χ3v) is 3.08. The first-order valence-corrected chi connectivity index (χ1v) is 5.45. The van der Waals surface area contributed by atoms with E-state index in [2.05, 4.69) is 0 Å². The number of urea groups is 1. The lowest BCUT2D eigenvalue weighted by atomic mass is 10.2. The summed E-state index contributed by atoms with van der Waals surface area (Å²) in [6, 6.07) is 0.0634. The van der Waals surface area contributed by atoms with Gasteiger partial charge in [0, 0.05) is 26.6 Å². The van der Waals surface area contributed by atoms with E-state index < -0.39 is 5.79 Å². The minimum atomic E-state index is -0.496. The Morgan fingerprint density at radius 3 is 2.73 bits per heavy atom. The zero-order chi connectivity index (χ0) is 10.9. The van der Waals surface area contributed by atoms with E-state index in [0.29, 0.717) is 19.8 Å². The van der Waals surface area contributed by atoms with Gasteiger partial charge in [-0.05, 0) is 6.92 Å². The summed E-state index contributed by atoms with van der Waals surface area (Å²) in [6.07, 6.45) is 0.788. The molecule has 0 aromatic rings. The van der Waals surface area contributed by atoms with Crippen molar-refractivity contribution in [1.29, 1.82) is 0 Å². The number of amides is 2. The van der Waals surface area contributed by atoms with Crippen LogP contribution in [0.4, 0.5) is 4.79 Å². The topological polar surface area (TPSA) is 42.0 Å². The standard InChI is InChI=1S/C10H18N2O3/c1-3-11(2)9(13)12-5-4-10(8-12)14-6-7-15-10/h3-8H2,1-2H3. The quantitative estimate of drug-likeness (QED) is 0.638. The Kier molecular flexibility index (Phi) is 2.84. The Morgan fingerprint density at radius 2 is 2.13 bits per heavy atom. The number of likely N-dealkylation sites (tertiary alicyclic amines) is 1. The SMILES string of the molecule is CCN(C)C(=O)N1CCC2(C1)OCCO2. The molecule has 15 heavy (non-hydrogen) atoms. The van der Waals surface area contributed by atoms with Crippen molar-refractivity contribution in [2.75, 3.05) is 39.9 Å². The molecule has 0 atom stereocenters. The van der Waals surface area contributed by atoms with Crippen LogP contribution < -0.4 is 0 Å². The molecule has 2 rings (SSSR count). The fraction of sp³-hybridized carbons (Fsp3) is 0.900. The summed E-state index contributed by atoms with van der Waals surface area (Å²) in [6.45, 7) is 5.27. The molecule has 0 N–H and O–H groups in total. The molecule has 86 valence electrons. The molecule has 2 aliphatic heterocycles. The number of carbonyl (C=O) groups is 1. The van der Waals surface area contributed by atoms with Crippen molar-refractivity contribution in [2.45, 2.75) is 19.1 Å². The molecule has 0 aromatic heterocycles. The van der Waals surface area contributed by atoms with Crippen molar-refractivity contribution in [3.8, 4) is 0 Å². The number of carbonyl (C=O) groups excluding carboxylic acids is 1. The van der Waals surface area contributed by atoms with Crippen LogP contribution in [-0.4, -0.2) is 61.5 Å². The van der Waals surface area contributed by atoms with Crippen molar-refractivity contribution in [2.24, 2.45) is 0 Å². The normalized spacial score (nSPS) is 23.7. The summed E-state index contributed by atoms with van der Waals surface area (Å²) < 4.78 is 11.1. The van der Waals surface area contributed by atoms with Crippen molar-refractivity contribution < 1.29 is 14.3 Å². The van der Waals surface area contributed by atoms with Gasteiger partial charge in [-0.2, -0.15) is 0 Å². The van der Waals surface area contributed by atoms with E-state index >= 15 is 0 Å². The molecule has 1 spiro atoms. The van der Waals surface area contributed by atoms with Gasteiger partial charge in [0.25, 0.3) is 0 Å². The molecule has 0 aliphatic carbocycles. The molecule has 5 nitrogen and oxygen atoms in total. The van der Waals surface area contributed by atoms with Crippen LogP contribution in [0.1, 0.15) is 13.3 Å². The molecule has 5 heteroatoms. The van der Waals surface area contributed by atoms with Crippen molar-refractivity contribution in [1.82, 2.24) is 9.80 Å². The van der Waals surface area contributed by atoms with Gasteiger partial charge in [0.1, 0.15) is 0 Å². The minimum Gasteiger partial charge on any atom is -0.346 e. The zero-order valence-electron chi connectivity index (χ0n) is 9.36. The first-order valence-electron chi connectivity index (χ1n) is 5.45. The van der Waals surface area contributed by atoms with Gasteiger partial charge in [0.2, 0.25) is 0 Å².